The Balaban J connectivity index is 1.99. The predicted molar refractivity (Wildman–Crippen MR) is 94.5 cm³/mol. The Morgan fingerprint density at radius 2 is 1.80 bits per heavy atom. The summed E-state index contributed by atoms with van der Waals surface area (Å²) in [4.78, 5) is 15.8. The maximum atomic E-state index is 13.2. The highest BCUT2D eigenvalue weighted by molar-refractivity contribution is 7.89. The standard InChI is InChI=1S/C16H23ClFN3O3S/c1-3-20(4-2)16(22)12-19-7-9-21(10-8-19)25(23,24)13-5-6-15(18)14(17)11-13/h5-6,11H,3-4,7-10,12H2,1-2H3. The summed E-state index contributed by atoms with van der Waals surface area (Å²) >= 11 is 5.69. The van der Waals surface area contributed by atoms with Gasteiger partial charge in [0.1, 0.15) is 5.82 Å². The number of nitrogens with zero attached hydrogens (tertiary/aromatic N) is 3. The van der Waals surface area contributed by atoms with Gasteiger partial charge in [0, 0.05) is 39.3 Å². The van der Waals surface area contributed by atoms with Crippen molar-refractivity contribution < 1.29 is 17.6 Å². The van der Waals surface area contributed by atoms with Gasteiger partial charge in [-0.3, -0.25) is 9.69 Å². The van der Waals surface area contributed by atoms with Crippen LogP contribution in [0.5, 0.6) is 0 Å². The number of benzene rings is 1. The molecule has 1 aliphatic heterocycles. The second kappa shape index (κ2) is 8.44. The van der Waals surface area contributed by atoms with Crippen molar-refractivity contribution in [1.82, 2.24) is 14.1 Å². The zero-order valence-corrected chi connectivity index (χ0v) is 16.0. The van der Waals surface area contributed by atoms with Gasteiger partial charge in [0.15, 0.2) is 0 Å². The molecule has 1 fully saturated rings. The van der Waals surface area contributed by atoms with Gasteiger partial charge in [-0.05, 0) is 32.0 Å². The van der Waals surface area contributed by atoms with Gasteiger partial charge >= 0.3 is 0 Å². The van der Waals surface area contributed by atoms with Gasteiger partial charge in [0.05, 0.1) is 16.5 Å². The molecule has 25 heavy (non-hydrogen) atoms. The summed E-state index contributed by atoms with van der Waals surface area (Å²) in [6.07, 6.45) is 0. The van der Waals surface area contributed by atoms with Gasteiger partial charge in [-0.15, -0.1) is 0 Å². The van der Waals surface area contributed by atoms with Crippen LogP contribution in [-0.2, 0) is 14.8 Å². The molecule has 1 aliphatic rings. The van der Waals surface area contributed by atoms with Crippen LogP contribution in [0, 0.1) is 5.82 Å². The molecular formula is C16H23ClFN3O3S. The summed E-state index contributed by atoms with van der Waals surface area (Å²) in [6.45, 7) is 6.98. The van der Waals surface area contributed by atoms with Crippen molar-refractivity contribution in [2.75, 3.05) is 45.8 Å². The van der Waals surface area contributed by atoms with Crippen molar-refractivity contribution in [2.45, 2.75) is 18.7 Å². The molecule has 0 aromatic heterocycles. The molecule has 1 amide bonds. The van der Waals surface area contributed by atoms with Crippen molar-refractivity contribution in [3.05, 3.63) is 29.0 Å². The number of halogens is 2. The van der Waals surface area contributed by atoms with Gasteiger partial charge in [-0.2, -0.15) is 4.31 Å². The first kappa shape index (κ1) is 20.1. The predicted octanol–water partition coefficient (Wildman–Crippen LogP) is 1.65. The summed E-state index contributed by atoms with van der Waals surface area (Å²) in [5.74, 6) is -0.605. The number of carbonyl (C=O) groups excluding carboxylic acids is 1. The molecule has 1 heterocycles. The number of carbonyl (C=O) groups is 1. The molecule has 2 rings (SSSR count). The van der Waals surface area contributed by atoms with Crippen LogP contribution in [0.25, 0.3) is 0 Å². The van der Waals surface area contributed by atoms with Crippen LogP contribution in [0.15, 0.2) is 23.1 Å². The monoisotopic (exact) mass is 391 g/mol. The summed E-state index contributed by atoms with van der Waals surface area (Å²) in [5.41, 5.74) is 0. The molecule has 0 atom stereocenters. The third-order valence-corrected chi connectivity index (χ3v) is 6.52. The van der Waals surface area contributed by atoms with Gasteiger partial charge in [0.2, 0.25) is 15.9 Å². The average molecular weight is 392 g/mol. The van der Waals surface area contributed by atoms with Crippen LogP contribution in [0.1, 0.15) is 13.8 Å². The maximum Gasteiger partial charge on any atom is 0.243 e. The van der Waals surface area contributed by atoms with Crippen molar-refractivity contribution in [2.24, 2.45) is 0 Å². The molecule has 1 aromatic rings. The molecule has 0 radical (unpaired) electrons. The van der Waals surface area contributed by atoms with Gasteiger partial charge in [-0.1, -0.05) is 11.6 Å². The van der Waals surface area contributed by atoms with Crippen LogP contribution >= 0.6 is 11.6 Å². The van der Waals surface area contributed by atoms with Crippen LogP contribution in [0.3, 0.4) is 0 Å². The number of amides is 1. The smallest absolute Gasteiger partial charge is 0.243 e. The molecule has 0 saturated carbocycles. The molecule has 140 valence electrons. The number of hydrogen-bond donors (Lipinski definition) is 0. The van der Waals surface area contributed by atoms with Gasteiger partial charge in [-0.25, -0.2) is 12.8 Å². The van der Waals surface area contributed by atoms with Crippen molar-refractivity contribution >= 4 is 27.5 Å². The lowest BCUT2D eigenvalue weighted by molar-refractivity contribution is -0.132. The van der Waals surface area contributed by atoms with Crippen molar-refractivity contribution in [3.8, 4) is 0 Å². The minimum atomic E-state index is -3.72. The molecule has 9 heteroatoms. The molecule has 6 nitrogen and oxygen atoms in total. The molecule has 0 aliphatic carbocycles. The molecule has 1 saturated heterocycles. The molecule has 0 spiro atoms. The second-order valence-electron chi connectivity index (χ2n) is 5.82. The van der Waals surface area contributed by atoms with E-state index in [-0.39, 0.29) is 35.5 Å². The number of likely N-dealkylation sites (N-methyl/N-ethyl adjacent to an activating group) is 1. The van der Waals surface area contributed by atoms with E-state index in [1.807, 2.05) is 18.7 Å². The molecule has 0 unspecified atom stereocenters. The second-order valence-corrected chi connectivity index (χ2v) is 8.17. The Kier molecular flexibility index (Phi) is 6.79. The van der Waals surface area contributed by atoms with Crippen LogP contribution in [0.2, 0.25) is 5.02 Å². The van der Waals surface area contributed by atoms with Crippen LogP contribution < -0.4 is 0 Å². The minimum Gasteiger partial charge on any atom is -0.342 e. The Labute approximate surface area is 153 Å². The van der Waals surface area contributed by atoms with Gasteiger partial charge in [0.25, 0.3) is 0 Å². The highest BCUT2D eigenvalue weighted by Gasteiger charge is 2.29. The van der Waals surface area contributed by atoms with Crippen LogP contribution in [-0.4, -0.2) is 74.2 Å². The van der Waals surface area contributed by atoms with E-state index >= 15 is 0 Å². The van der Waals surface area contributed by atoms with E-state index in [9.17, 15) is 17.6 Å². The summed E-state index contributed by atoms with van der Waals surface area (Å²) in [6, 6.07) is 3.39. The number of sulfonamides is 1. The Hall–Kier alpha value is -1.22. The van der Waals surface area contributed by atoms with E-state index < -0.39 is 15.8 Å². The summed E-state index contributed by atoms with van der Waals surface area (Å²) < 4.78 is 39.8. The van der Waals surface area contributed by atoms with Crippen LogP contribution in [0.4, 0.5) is 4.39 Å². The Bertz CT molecular complexity index is 717. The van der Waals surface area contributed by atoms with E-state index in [2.05, 4.69) is 0 Å². The van der Waals surface area contributed by atoms with Crippen molar-refractivity contribution in [1.29, 1.82) is 0 Å². The highest BCUT2D eigenvalue weighted by Crippen LogP contribution is 2.23. The first-order valence-corrected chi connectivity index (χ1v) is 10.1. The SMILES string of the molecule is CCN(CC)C(=O)CN1CCN(S(=O)(=O)c2ccc(F)c(Cl)c2)CC1. The maximum absolute atomic E-state index is 13.2. The number of piperazine rings is 1. The molecular weight excluding hydrogens is 369 g/mol. The fourth-order valence-electron chi connectivity index (χ4n) is 2.78. The number of rotatable bonds is 6. The zero-order valence-electron chi connectivity index (χ0n) is 14.4. The first-order chi connectivity index (χ1) is 11.8. The largest absolute Gasteiger partial charge is 0.342 e. The number of hydrogen-bond acceptors (Lipinski definition) is 4. The first-order valence-electron chi connectivity index (χ1n) is 8.25. The lowest BCUT2D eigenvalue weighted by atomic mass is 10.3. The van der Waals surface area contributed by atoms with E-state index in [0.29, 0.717) is 26.2 Å². The topological polar surface area (TPSA) is 60.9 Å². The average Bonchev–Trinajstić information content (AvgIpc) is 2.58. The minimum absolute atomic E-state index is 0.0217. The third-order valence-electron chi connectivity index (χ3n) is 4.34. The van der Waals surface area contributed by atoms with Crippen molar-refractivity contribution in [3.63, 3.8) is 0 Å². The van der Waals surface area contributed by atoms with E-state index in [1.165, 1.54) is 10.4 Å². The zero-order chi connectivity index (χ0) is 18.6. The van der Waals surface area contributed by atoms with Gasteiger partial charge < -0.3 is 4.90 Å². The summed E-state index contributed by atoms with van der Waals surface area (Å²) in [7, 11) is -3.72. The molecule has 0 bridgehead atoms. The summed E-state index contributed by atoms with van der Waals surface area (Å²) in [5, 5.41) is -0.218. The Morgan fingerprint density at radius 1 is 1.20 bits per heavy atom. The molecule has 1 aromatic carbocycles. The third kappa shape index (κ3) is 4.69. The molecule has 0 N–H and O–H groups in total. The lowest BCUT2D eigenvalue weighted by Gasteiger charge is -2.34. The fraction of sp³-hybridized carbons (Fsp3) is 0.562. The normalized spacial score (nSPS) is 16.8. The van der Waals surface area contributed by atoms with E-state index in [0.717, 1.165) is 12.1 Å². The Morgan fingerprint density at radius 3 is 2.32 bits per heavy atom. The lowest BCUT2D eigenvalue weighted by Crippen LogP contribution is -2.51. The highest BCUT2D eigenvalue weighted by atomic mass is 35.5. The fourth-order valence-corrected chi connectivity index (χ4v) is 4.48. The van der Waals surface area contributed by atoms with E-state index in [1.54, 1.807) is 4.90 Å². The van der Waals surface area contributed by atoms with E-state index in [4.69, 9.17) is 11.6 Å². The quantitative estimate of drug-likeness (QED) is 0.739.